The minimum atomic E-state index is -0.436. The van der Waals surface area contributed by atoms with Crippen LogP contribution < -0.4 is 15.1 Å². The average Bonchev–Trinajstić information content (AvgIpc) is 2.82. The Kier molecular flexibility index (Phi) is 5.85. The fraction of sp³-hybridized carbons (Fsp3) is 0.154. The SMILES string of the molecule is CCc1cc2c(-c3ccccc3)cc(=O)oc2cc1OCC(=O)c1cccc(OC)c1. The third-order valence-corrected chi connectivity index (χ3v) is 5.14. The molecule has 0 amide bonds. The Bertz CT molecular complexity index is 1290. The number of ketones is 1. The summed E-state index contributed by atoms with van der Waals surface area (Å²) in [4.78, 5) is 24.8. The maximum Gasteiger partial charge on any atom is 0.336 e. The molecule has 156 valence electrons. The molecule has 0 bridgehead atoms. The first-order valence-electron chi connectivity index (χ1n) is 10.0. The second-order valence-corrected chi connectivity index (χ2v) is 7.10. The zero-order valence-electron chi connectivity index (χ0n) is 17.4. The van der Waals surface area contributed by atoms with Gasteiger partial charge in [-0.1, -0.05) is 49.4 Å². The highest BCUT2D eigenvalue weighted by Crippen LogP contribution is 2.32. The van der Waals surface area contributed by atoms with Crippen LogP contribution in [-0.2, 0) is 6.42 Å². The van der Waals surface area contributed by atoms with Crippen LogP contribution in [0.3, 0.4) is 0 Å². The quantitative estimate of drug-likeness (QED) is 0.304. The molecule has 4 rings (SSSR count). The van der Waals surface area contributed by atoms with E-state index in [1.165, 1.54) is 6.07 Å². The average molecular weight is 414 g/mol. The topological polar surface area (TPSA) is 65.7 Å². The molecule has 0 aliphatic heterocycles. The summed E-state index contributed by atoms with van der Waals surface area (Å²) in [6, 6.07) is 21.8. The van der Waals surface area contributed by atoms with Crippen LogP contribution in [0.5, 0.6) is 11.5 Å². The molecule has 5 heteroatoms. The highest BCUT2D eigenvalue weighted by molar-refractivity contribution is 5.98. The molecular weight excluding hydrogens is 392 g/mol. The van der Waals surface area contributed by atoms with Crippen molar-refractivity contribution in [2.45, 2.75) is 13.3 Å². The van der Waals surface area contributed by atoms with Crippen molar-refractivity contribution >= 4 is 16.8 Å². The number of hydrogen-bond donors (Lipinski definition) is 0. The van der Waals surface area contributed by atoms with Crippen molar-refractivity contribution in [1.29, 1.82) is 0 Å². The van der Waals surface area contributed by atoms with Crippen LogP contribution in [0.2, 0.25) is 0 Å². The van der Waals surface area contributed by atoms with Crippen molar-refractivity contribution in [2.24, 2.45) is 0 Å². The van der Waals surface area contributed by atoms with Crippen molar-refractivity contribution in [3.63, 3.8) is 0 Å². The first-order chi connectivity index (χ1) is 15.1. The molecular formula is C26H22O5. The molecule has 0 N–H and O–H groups in total. The van der Waals surface area contributed by atoms with E-state index in [1.807, 2.05) is 43.3 Å². The normalized spacial score (nSPS) is 10.8. The lowest BCUT2D eigenvalue weighted by atomic mass is 9.99. The Labute approximate surface area is 179 Å². The number of fused-ring (bicyclic) bond motifs is 1. The first-order valence-corrected chi connectivity index (χ1v) is 10.0. The standard InChI is InChI=1S/C26H22O5/c1-3-17-13-22-21(18-8-5-4-6-9-18)14-26(28)31-25(22)15-24(17)30-16-23(27)19-10-7-11-20(12-19)29-2/h4-15H,3,16H2,1-2H3. The Morgan fingerprint density at radius 2 is 1.77 bits per heavy atom. The van der Waals surface area contributed by atoms with Gasteiger partial charge in [-0.15, -0.1) is 0 Å². The van der Waals surface area contributed by atoms with E-state index in [2.05, 4.69) is 0 Å². The summed E-state index contributed by atoms with van der Waals surface area (Å²) in [5.41, 5.74) is 3.17. The Morgan fingerprint density at radius 3 is 2.52 bits per heavy atom. The Balaban J connectivity index is 1.68. The molecule has 0 atom stereocenters. The zero-order chi connectivity index (χ0) is 21.8. The van der Waals surface area contributed by atoms with Gasteiger partial charge in [0.1, 0.15) is 17.1 Å². The van der Waals surface area contributed by atoms with Crippen LogP contribution in [0.1, 0.15) is 22.8 Å². The zero-order valence-corrected chi connectivity index (χ0v) is 17.4. The third kappa shape index (κ3) is 4.36. The van der Waals surface area contributed by atoms with Gasteiger partial charge in [0.2, 0.25) is 0 Å². The number of benzene rings is 3. The predicted octanol–water partition coefficient (Wildman–Crippen LogP) is 5.29. The summed E-state index contributed by atoms with van der Waals surface area (Å²) in [6.07, 6.45) is 0.700. The summed E-state index contributed by atoms with van der Waals surface area (Å²) in [5, 5.41) is 0.828. The second kappa shape index (κ2) is 8.88. The lowest BCUT2D eigenvalue weighted by Gasteiger charge is -2.13. The van der Waals surface area contributed by atoms with Crippen LogP contribution in [0.25, 0.3) is 22.1 Å². The van der Waals surface area contributed by atoms with Gasteiger partial charge < -0.3 is 13.9 Å². The second-order valence-electron chi connectivity index (χ2n) is 7.10. The summed E-state index contributed by atoms with van der Waals surface area (Å²) in [5.74, 6) is 0.973. The van der Waals surface area contributed by atoms with Gasteiger partial charge in [-0.2, -0.15) is 0 Å². The largest absolute Gasteiger partial charge is 0.497 e. The van der Waals surface area contributed by atoms with E-state index in [9.17, 15) is 9.59 Å². The van der Waals surface area contributed by atoms with Gasteiger partial charge in [-0.05, 0) is 41.3 Å². The number of methoxy groups -OCH3 is 1. The van der Waals surface area contributed by atoms with Crippen molar-refractivity contribution in [3.8, 4) is 22.6 Å². The molecule has 0 saturated heterocycles. The number of carbonyl (C=O) groups excluding carboxylic acids is 1. The molecule has 31 heavy (non-hydrogen) atoms. The number of rotatable bonds is 7. The van der Waals surface area contributed by atoms with Crippen molar-refractivity contribution in [2.75, 3.05) is 13.7 Å². The maximum atomic E-state index is 12.6. The number of carbonyl (C=O) groups is 1. The molecule has 0 aliphatic carbocycles. The van der Waals surface area contributed by atoms with Crippen LogP contribution in [0.15, 0.2) is 82.0 Å². The van der Waals surface area contributed by atoms with Crippen LogP contribution >= 0.6 is 0 Å². The highest BCUT2D eigenvalue weighted by atomic mass is 16.5. The van der Waals surface area contributed by atoms with Gasteiger partial charge in [0, 0.05) is 23.1 Å². The molecule has 0 saturated carbocycles. The first kappa shape index (κ1) is 20.4. The minimum absolute atomic E-state index is 0.131. The lowest BCUT2D eigenvalue weighted by molar-refractivity contribution is 0.0920. The van der Waals surface area contributed by atoms with Crippen LogP contribution in [0, 0.1) is 0 Å². The number of Topliss-reactive ketones (excluding diaryl/α,β-unsaturated/α-hetero) is 1. The van der Waals surface area contributed by atoms with Crippen molar-refractivity contribution < 1.29 is 18.7 Å². The summed E-state index contributed by atoms with van der Waals surface area (Å²) in [7, 11) is 1.56. The molecule has 0 radical (unpaired) electrons. The fourth-order valence-electron chi connectivity index (χ4n) is 3.52. The van der Waals surface area contributed by atoms with E-state index >= 15 is 0 Å². The van der Waals surface area contributed by atoms with Gasteiger partial charge >= 0.3 is 5.63 Å². The summed E-state index contributed by atoms with van der Waals surface area (Å²) < 4.78 is 16.5. The van der Waals surface area contributed by atoms with Gasteiger partial charge in [0.25, 0.3) is 0 Å². The van der Waals surface area contributed by atoms with Crippen LogP contribution in [-0.4, -0.2) is 19.5 Å². The van der Waals surface area contributed by atoms with E-state index in [-0.39, 0.29) is 12.4 Å². The Morgan fingerprint density at radius 1 is 0.968 bits per heavy atom. The monoisotopic (exact) mass is 414 g/mol. The third-order valence-electron chi connectivity index (χ3n) is 5.14. The molecule has 3 aromatic carbocycles. The number of hydrogen-bond acceptors (Lipinski definition) is 5. The van der Waals surface area contributed by atoms with Crippen molar-refractivity contribution in [1.82, 2.24) is 0 Å². The van der Waals surface area contributed by atoms with E-state index in [1.54, 1.807) is 37.4 Å². The van der Waals surface area contributed by atoms with E-state index in [4.69, 9.17) is 13.9 Å². The minimum Gasteiger partial charge on any atom is -0.497 e. The number of ether oxygens (including phenoxy) is 2. The van der Waals surface area contributed by atoms with Crippen molar-refractivity contribution in [3.05, 3.63) is 94.3 Å². The molecule has 1 aromatic heterocycles. The van der Waals surface area contributed by atoms with Gasteiger partial charge in [0.15, 0.2) is 12.4 Å². The predicted molar refractivity (Wildman–Crippen MR) is 120 cm³/mol. The molecule has 4 aromatic rings. The molecule has 0 unspecified atom stereocenters. The lowest BCUT2D eigenvalue weighted by Crippen LogP contribution is -2.12. The molecule has 1 heterocycles. The molecule has 0 spiro atoms. The number of aryl methyl sites for hydroxylation is 1. The van der Waals surface area contributed by atoms with E-state index < -0.39 is 5.63 Å². The van der Waals surface area contributed by atoms with E-state index in [0.29, 0.717) is 29.1 Å². The van der Waals surface area contributed by atoms with Gasteiger partial charge in [0.05, 0.1) is 7.11 Å². The van der Waals surface area contributed by atoms with Gasteiger partial charge in [-0.25, -0.2) is 4.79 Å². The van der Waals surface area contributed by atoms with Gasteiger partial charge in [-0.3, -0.25) is 4.79 Å². The molecule has 5 nitrogen and oxygen atoms in total. The summed E-state index contributed by atoms with van der Waals surface area (Å²) >= 11 is 0. The maximum absolute atomic E-state index is 12.6. The summed E-state index contributed by atoms with van der Waals surface area (Å²) in [6.45, 7) is 1.88. The van der Waals surface area contributed by atoms with E-state index in [0.717, 1.165) is 22.1 Å². The highest BCUT2D eigenvalue weighted by Gasteiger charge is 2.14. The molecule has 0 aliphatic rings. The smallest absolute Gasteiger partial charge is 0.336 e. The molecule has 0 fully saturated rings. The van der Waals surface area contributed by atoms with Crippen LogP contribution in [0.4, 0.5) is 0 Å². The fourth-order valence-corrected chi connectivity index (χ4v) is 3.52. The Hall–Kier alpha value is -3.86.